The van der Waals surface area contributed by atoms with Crippen molar-refractivity contribution < 1.29 is 14.3 Å². The molecule has 1 aromatic carbocycles. The summed E-state index contributed by atoms with van der Waals surface area (Å²) in [6.45, 7) is 0.525. The molecule has 26 heavy (non-hydrogen) atoms. The summed E-state index contributed by atoms with van der Waals surface area (Å²) < 4.78 is 5.19. The van der Waals surface area contributed by atoms with E-state index in [0.29, 0.717) is 25.8 Å². The molecule has 140 valence electrons. The maximum Gasteiger partial charge on any atom is 0.220 e. The van der Waals surface area contributed by atoms with E-state index in [4.69, 9.17) is 4.74 Å². The van der Waals surface area contributed by atoms with Gasteiger partial charge in [0.1, 0.15) is 5.75 Å². The van der Waals surface area contributed by atoms with Gasteiger partial charge in [0.2, 0.25) is 5.91 Å². The van der Waals surface area contributed by atoms with Gasteiger partial charge in [-0.25, -0.2) is 0 Å². The van der Waals surface area contributed by atoms with Gasteiger partial charge in [0.15, 0.2) is 5.78 Å². The largest absolute Gasteiger partial charge is 0.497 e. The molecular formula is C20H26N2O3S. The fraction of sp³-hybridized carbons (Fsp3) is 0.400. The Bertz CT molecular complexity index is 696. The van der Waals surface area contributed by atoms with Crippen molar-refractivity contribution in [3.8, 4) is 5.75 Å². The van der Waals surface area contributed by atoms with Gasteiger partial charge in [0.05, 0.1) is 18.0 Å². The molecule has 1 amide bonds. The molecule has 6 heteroatoms. The van der Waals surface area contributed by atoms with E-state index in [1.807, 2.05) is 55.9 Å². The van der Waals surface area contributed by atoms with E-state index < -0.39 is 0 Å². The lowest BCUT2D eigenvalue weighted by atomic mass is 10.1. The van der Waals surface area contributed by atoms with Crippen LogP contribution in [0.3, 0.4) is 0 Å². The number of rotatable bonds is 10. The monoisotopic (exact) mass is 374 g/mol. The third-order valence-electron chi connectivity index (χ3n) is 4.22. The molecule has 1 aromatic heterocycles. The van der Waals surface area contributed by atoms with Crippen LogP contribution in [-0.4, -0.2) is 44.3 Å². The van der Waals surface area contributed by atoms with Crippen molar-refractivity contribution in [2.75, 3.05) is 27.7 Å². The number of amides is 1. The highest BCUT2D eigenvalue weighted by Crippen LogP contribution is 2.21. The number of benzene rings is 1. The van der Waals surface area contributed by atoms with Gasteiger partial charge < -0.3 is 15.0 Å². The average molecular weight is 375 g/mol. The van der Waals surface area contributed by atoms with Crippen molar-refractivity contribution in [3.05, 3.63) is 52.2 Å². The highest BCUT2D eigenvalue weighted by Gasteiger charge is 2.16. The van der Waals surface area contributed by atoms with Crippen LogP contribution in [0.1, 0.15) is 40.5 Å². The Hall–Kier alpha value is -2.18. The summed E-state index contributed by atoms with van der Waals surface area (Å²) in [4.78, 5) is 26.9. The van der Waals surface area contributed by atoms with Crippen LogP contribution in [0.25, 0.3) is 0 Å². The van der Waals surface area contributed by atoms with Crippen LogP contribution in [0, 0.1) is 0 Å². The fourth-order valence-corrected chi connectivity index (χ4v) is 3.39. The first-order valence-electron chi connectivity index (χ1n) is 8.65. The topological polar surface area (TPSA) is 58.6 Å². The molecule has 1 heterocycles. The summed E-state index contributed by atoms with van der Waals surface area (Å²) in [7, 11) is 5.61. The van der Waals surface area contributed by atoms with Crippen LogP contribution in [0.15, 0.2) is 41.8 Å². The Morgan fingerprint density at radius 3 is 2.46 bits per heavy atom. The van der Waals surface area contributed by atoms with E-state index in [0.717, 1.165) is 16.2 Å². The summed E-state index contributed by atoms with van der Waals surface area (Å²) in [6, 6.07) is 11.6. The third kappa shape index (κ3) is 5.97. The summed E-state index contributed by atoms with van der Waals surface area (Å²) in [5, 5.41) is 4.87. The van der Waals surface area contributed by atoms with Crippen molar-refractivity contribution >= 4 is 23.0 Å². The second-order valence-corrected chi connectivity index (χ2v) is 7.26. The van der Waals surface area contributed by atoms with E-state index in [2.05, 4.69) is 10.2 Å². The number of thiophene rings is 1. The van der Waals surface area contributed by atoms with Crippen LogP contribution < -0.4 is 10.1 Å². The quantitative estimate of drug-likeness (QED) is 0.647. The third-order valence-corrected chi connectivity index (χ3v) is 5.13. The number of ketones is 1. The maximum atomic E-state index is 12.1. The first-order chi connectivity index (χ1) is 12.5. The van der Waals surface area contributed by atoms with Gasteiger partial charge in [0.25, 0.3) is 0 Å². The van der Waals surface area contributed by atoms with E-state index in [1.165, 1.54) is 11.3 Å². The Morgan fingerprint density at radius 1 is 1.15 bits per heavy atom. The molecule has 0 spiro atoms. The number of hydrogen-bond donors (Lipinski definition) is 1. The molecule has 0 radical (unpaired) electrons. The first kappa shape index (κ1) is 20.1. The lowest BCUT2D eigenvalue weighted by molar-refractivity contribution is -0.121. The Balaban J connectivity index is 1.78. The molecule has 2 rings (SSSR count). The predicted molar refractivity (Wildman–Crippen MR) is 105 cm³/mol. The predicted octanol–water partition coefficient (Wildman–Crippen LogP) is 3.53. The molecule has 0 fully saturated rings. The van der Waals surface area contributed by atoms with Gasteiger partial charge in [0, 0.05) is 19.4 Å². The van der Waals surface area contributed by atoms with Gasteiger partial charge in [-0.1, -0.05) is 18.2 Å². The normalized spacial score (nSPS) is 12.0. The van der Waals surface area contributed by atoms with Gasteiger partial charge in [-0.05, 0) is 49.7 Å². The van der Waals surface area contributed by atoms with Crippen molar-refractivity contribution in [1.82, 2.24) is 10.2 Å². The summed E-state index contributed by atoms with van der Waals surface area (Å²) >= 11 is 1.44. The van der Waals surface area contributed by atoms with E-state index in [-0.39, 0.29) is 17.7 Å². The maximum absolute atomic E-state index is 12.1. The number of Topliss-reactive ketones (excluding diaryl/α,β-unsaturated/α-hetero) is 1. The Morgan fingerprint density at radius 2 is 1.88 bits per heavy atom. The molecule has 0 bridgehead atoms. The smallest absolute Gasteiger partial charge is 0.220 e. The SMILES string of the molecule is COc1ccc(C(CNC(=O)CCCC(=O)c2cccs2)N(C)C)cc1. The molecule has 5 nitrogen and oxygen atoms in total. The van der Waals surface area contributed by atoms with Crippen molar-refractivity contribution in [2.45, 2.75) is 25.3 Å². The zero-order valence-electron chi connectivity index (χ0n) is 15.5. The van der Waals surface area contributed by atoms with Gasteiger partial charge in [-0.15, -0.1) is 11.3 Å². The van der Waals surface area contributed by atoms with Gasteiger partial charge in [-0.2, -0.15) is 0 Å². The molecule has 1 atom stereocenters. The molecule has 0 saturated heterocycles. The Labute approximate surface area is 159 Å². The van der Waals surface area contributed by atoms with E-state index >= 15 is 0 Å². The highest BCUT2D eigenvalue weighted by molar-refractivity contribution is 7.12. The zero-order chi connectivity index (χ0) is 18.9. The van der Waals surface area contributed by atoms with Gasteiger partial charge >= 0.3 is 0 Å². The van der Waals surface area contributed by atoms with Crippen LogP contribution in [0.5, 0.6) is 5.75 Å². The molecule has 0 aliphatic heterocycles. The second-order valence-electron chi connectivity index (χ2n) is 6.31. The minimum Gasteiger partial charge on any atom is -0.497 e. The Kier molecular flexibility index (Phi) is 7.81. The van der Waals surface area contributed by atoms with E-state index in [9.17, 15) is 9.59 Å². The van der Waals surface area contributed by atoms with Gasteiger partial charge in [-0.3, -0.25) is 9.59 Å². The molecule has 1 N–H and O–H groups in total. The number of ether oxygens (including phenoxy) is 1. The molecule has 0 aliphatic carbocycles. The zero-order valence-corrected chi connectivity index (χ0v) is 16.3. The lowest BCUT2D eigenvalue weighted by Gasteiger charge is -2.25. The number of likely N-dealkylation sites (N-methyl/N-ethyl adjacent to an activating group) is 1. The standard InChI is InChI=1S/C20H26N2O3S/c1-22(2)17(15-9-11-16(25-3)12-10-15)14-21-20(24)8-4-6-18(23)19-7-5-13-26-19/h5,7,9-13,17H,4,6,8,14H2,1-3H3,(H,21,24). The van der Waals surface area contributed by atoms with Crippen LogP contribution >= 0.6 is 11.3 Å². The molecule has 2 aromatic rings. The lowest BCUT2D eigenvalue weighted by Crippen LogP contribution is -2.34. The second kappa shape index (κ2) is 10.1. The average Bonchev–Trinajstić information content (AvgIpc) is 3.17. The van der Waals surface area contributed by atoms with Crippen LogP contribution in [0.4, 0.5) is 0 Å². The van der Waals surface area contributed by atoms with Crippen molar-refractivity contribution in [3.63, 3.8) is 0 Å². The number of hydrogen-bond acceptors (Lipinski definition) is 5. The fourth-order valence-electron chi connectivity index (χ4n) is 2.69. The number of carbonyl (C=O) groups excluding carboxylic acids is 2. The molecule has 0 aliphatic rings. The number of methoxy groups -OCH3 is 1. The first-order valence-corrected chi connectivity index (χ1v) is 9.53. The highest BCUT2D eigenvalue weighted by atomic mass is 32.1. The van der Waals surface area contributed by atoms with Crippen LogP contribution in [-0.2, 0) is 4.79 Å². The number of nitrogens with zero attached hydrogens (tertiary/aromatic N) is 1. The molecular weight excluding hydrogens is 348 g/mol. The van der Waals surface area contributed by atoms with Crippen molar-refractivity contribution in [1.29, 1.82) is 0 Å². The minimum absolute atomic E-state index is 0.0238. The van der Waals surface area contributed by atoms with Crippen LogP contribution in [0.2, 0.25) is 0 Å². The summed E-state index contributed by atoms with van der Waals surface area (Å²) in [5.74, 6) is 0.896. The van der Waals surface area contributed by atoms with Crippen molar-refractivity contribution in [2.24, 2.45) is 0 Å². The number of carbonyl (C=O) groups is 2. The summed E-state index contributed by atoms with van der Waals surface area (Å²) in [6.07, 6.45) is 1.33. The minimum atomic E-state index is -0.0238. The number of nitrogens with one attached hydrogen (secondary N) is 1. The molecule has 0 saturated carbocycles. The summed E-state index contributed by atoms with van der Waals surface area (Å²) in [5.41, 5.74) is 1.11. The molecule has 1 unspecified atom stereocenters. The van der Waals surface area contributed by atoms with E-state index in [1.54, 1.807) is 7.11 Å².